The Labute approximate surface area is 135 Å². The van der Waals surface area contributed by atoms with Crippen molar-refractivity contribution in [3.8, 4) is 5.75 Å². The van der Waals surface area contributed by atoms with Crippen LogP contribution in [0.5, 0.6) is 5.75 Å². The molecule has 21 heavy (non-hydrogen) atoms. The van der Waals surface area contributed by atoms with Gasteiger partial charge in [-0.15, -0.1) is 0 Å². The number of nitrogens with one attached hydrogen (secondary N) is 1. The molecule has 0 radical (unpaired) electrons. The van der Waals surface area contributed by atoms with Gasteiger partial charge in [-0.1, -0.05) is 55.8 Å². The topological polar surface area (TPSA) is 21.3 Å². The predicted molar refractivity (Wildman–Crippen MR) is 91.6 cm³/mol. The quantitative estimate of drug-likeness (QED) is 0.807. The van der Waals surface area contributed by atoms with Crippen molar-refractivity contribution in [1.29, 1.82) is 0 Å². The Morgan fingerprint density at radius 2 is 1.81 bits per heavy atom. The summed E-state index contributed by atoms with van der Waals surface area (Å²) in [7, 11) is 0. The lowest BCUT2D eigenvalue weighted by atomic mass is 10.1. The van der Waals surface area contributed by atoms with E-state index in [4.69, 9.17) is 4.74 Å². The highest BCUT2D eigenvalue weighted by atomic mass is 79.9. The Hall–Kier alpha value is -1.32. The third-order valence-electron chi connectivity index (χ3n) is 3.25. The summed E-state index contributed by atoms with van der Waals surface area (Å²) in [6.07, 6.45) is 0. The summed E-state index contributed by atoms with van der Waals surface area (Å²) in [5, 5.41) is 3.43. The molecule has 0 heterocycles. The molecule has 0 aliphatic heterocycles. The molecule has 0 saturated heterocycles. The first kappa shape index (κ1) is 16.1. The predicted octanol–water partition coefficient (Wildman–Crippen LogP) is 4.83. The van der Waals surface area contributed by atoms with Crippen molar-refractivity contribution in [3.63, 3.8) is 0 Å². The number of hydrogen-bond acceptors (Lipinski definition) is 2. The van der Waals surface area contributed by atoms with Gasteiger partial charge in [-0.25, -0.2) is 0 Å². The van der Waals surface area contributed by atoms with E-state index in [1.165, 1.54) is 16.7 Å². The molecular weight excluding hydrogens is 326 g/mol. The van der Waals surface area contributed by atoms with Gasteiger partial charge in [-0.2, -0.15) is 0 Å². The molecule has 2 rings (SSSR count). The van der Waals surface area contributed by atoms with Crippen LogP contribution >= 0.6 is 15.9 Å². The molecule has 0 aliphatic carbocycles. The van der Waals surface area contributed by atoms with Gasteiger partial charge in [0.15, 0.2) is 0 Å². The average molecular weight is 348 g/mol. The van der Waals surface area contributed by atoms with Crippen molar-refractivity contribution in [2.45, 2.75) is 40.0 Å². The maximum absolute atomic E-state index is 6.04. The second kappa shape index (κ2) is 7.62. The van der Waals surface area contributed by atoms with Crippen molar-refractivity contribution in [2.24, 2.45) is 0 Å². The number of benzene rings is 2. The Morgan fingerprint density at radius 3 is 2.48 bits per heavy atom. The average Bonchev–Trinajstić information content (AvgIpc) is 2.46. The molecule has 112 valence electrons. The standard InChI is InChI=1S/C18H22BrNO/c1-13(2)20-11-16-5-4-6-17(19)18(16)21-12-15-9-7-14(3)8-10-15/h4-10,13,20H,11-12H2,1-3H3. The highest BCUT2D eigenvalue weighted by Gasteiger charge is 2.09. The minimum atomic E-state index is 0.453. The molecule has 0 aliphatic rings. The summed E-state index contributed by atoms with van der Waals surface area (Å²) in [5.74, 6) is 0.922. The molecule has 1 N–H and O–H groups in total. The number of hydrogen-bond donors (Lipinski definition) is 1. The van der Waals surface area contributed by atoms with E-state index in [2.05, 4.69) is 72.3 Å². The Bertz CT molecular complexity index is 578. The molecule has 0 atom stereocenters. The van der Waals surface area contributed by atoms with Gasteiger partial charge in [0.05, 0.1) is 4.47 Å². The van der Waals surface area contributed by atoms with E-state index in [1.807, 2.05) is 12.1 Å². The molecule has 0 aromatic heterocycles. The van der Waals surface area contributed by atoms with Crippen molar-refractivity contribution in [1.82, 2.24) is 5.32 Å². The van der Waals surface area contributed by atoms with Crippen LogP contribution < -0.4 is 10.1 Å². The summed E-state index contributed by atoms with van der Waals surface area (Å²) in [6.45, 7) is 7.77. The SMILES string of the molecule is Cc1ccc(COc2c(Br)cccc2CNC(C)C)cc1. The first-order chi connectivity index (χ1) is 10.1. The fourth-order valence-corrected chi connectivity index (χ4v) is 2.53. The van der Waals surface area contributed by atoms with E-state index < -0.39 is 0 Å². The summed E-state index contributed by atoms with van der Waals surface area (Å²) in [5.41, 5.74) is 3.62. The van der Waals surface area contributed by atoms with Crippen LogP contribution in [0.15, 0.2) is 46.9 Å². The molecule has 3 heteroatoms. The Kier molecular flexibility index (Phi) is 5.83. The molecule has 0 amide bonds. The highest BCUT2D eigenvalue weighted by Crippen LogP contribution is 2.30. The first-order valence-electron chi connectivity index (χ1n) is 7.25. The van der Waals surface area contributed by atoms with Gasteiger partial charge in [0.1, 0.15) is 12.4 Å². The lowest BCUT2D eigenvalue weighted by molar-refractivity contribution is 0.300. The third kappa shape index (κ3) is 4.87. The molecular formula is C18H22BrNO. The van der Waals surface area contributed by atoms with Crippen molar-refractivity contribution < 1.29 is 4.74 Å². The molecule has 0 unspecified atom stereocenters. The molecule has 0 bridgehead atoms. The second-order valence-corrected chi connectivity index (χ2v) is 6.39. The highest BCUT2D eigenvalue weighted by molar-refractivity contribution is 9.10. The monoisotopic (exact) mass is 347 g/mol. The van der Waals surface area contributed by atoms with Gasteiger partial charge in [0.25, 0.3) is 0 Å². The van der Waals surface area contributed by atoms with E-state index in [0.29, 0.717) is 12.6 Å². The fourth-order valence-electron chi connectivity index (χ4n) is 2.01. The van der Waals surface area contributed by atoms with E-state index in [-0.39, 0.29) is 0 Å². The molecule has 2 aromatic rings. The van der Waals surface area contributed by atoms with Gasteiger partial charge in [0.2, 0.25) is 0 Å². The van der Waals surface area contributed by atoms with E-state index in [0.717, 1.165) is 16.8 Å². The zero-order chi connectivity index (χ0) is 15.2. The lowest BCUT2D eigenvalue weighted by Gasteiger charge is -2.15. The van der Waals surface area contributed by atoms with Crippen molar-refractivity contribution in [2.75, 3.05) is 0 Å². The molecule has 0 fully saturated rings. The second-order valence-electron chi connectivity index (χ2n) is 5.54. The van der Waals surface area contributed by atoms with E-state index in [9.17, 15) is 0 Å². The summed E-state index contributed by atoms with van der Waals surface area (Å²) in [4.78, 5) is 0. The molecule has 0 spiro atoms. The van der Waals surface area contributed by atoms with Crippen LogP contribution in [0.1, 0.15) is 30.5 Å². The van der Waals surface area contributed by atoms with Gasteiger partial charge in [-0.3, -0.25) is 0 Å². The Morgan fingerprint density at radius 1 is 1.10 bits per heavy atom. The number of halogens is 1. The van der Waals surface area contributed by atoms with E-state index in [1.54, 1.807) is 0 Å². The van der Waals surface area contributed by atoms with Crippen LogP contribution in [0.25, 0.3) is 0 Å². The van der Waals surface area contributed by atoms with Gasteiger partial charge in [0, 0.05) is 18.2 Å². The number of ether oxygens (including phenoxy) is 1. The van der Waals surface area contributed by atoms with Gasteiger partial charge >= 0.3 is 0 Å². The Balaban J connectivity index is 2.09. The largest absolute Gasteiger partial charge is 0.487 e. The molecule has 2 aromatic carbocycles. The minimum Gasteiger partial charge on any atom is -0.487 e. The van der Waals surface area contributed by atoms with E-state index >= 15 is 0 Å². The van der Waals surface area contributed by atoms with Crippen LogP contribution in [0, 0.1) is 6.92 Å². The third-order valence-corrected chi connectivity index (χ3v) is 3.88. The number of para-hydroxylation sites is 1. The molecule has 0 saturated carbocycles. The smallest absolute Gasteiger partial charge is 0.138 e. The summed E-state index contributed by atoms with van der Waals surface area (Å²) < 4.78 is 7.04. The van der Waals surface area contributed by atoms with Gasteiger partial charge < -0.3 is 10.1 Å². The summed E-state index contributed by atoms with van der Waals surface area (Å²) in [6, 6.07) is 15.1. The van der Waals surface area contributed by atoms with Crippen LogP contribution in [0.3, 0.4) is 0 Å². The van der Waals surface area contributed by atoms with Crippen LogP contribution in [-0.4, -0.2) is 6.04 Å². The maximum Gasteiger partial charge on any atom is 0.138 e. The van der Waals surface area contributed by atoms with Crippen molar-refractivity contribution in [3.05, 3.63) is 63.6 Å². The zero-order valence-corrected chi connectivity index (χ0v) is 14.4. The molecule has 2 nitrogen and oxygen atoms in total. The zero-order valence-electron chi connectivity index (χ0n) is 12.8. The van der Waals surface area contributed by atoms with Crippen LogP contribution in [-0.2, 0) is 13.2 Å². The van der Waals surface area contributed by atoms with Crippen LogP contribution in [0.2, 0.25) is 0 Å². The van der Waals surface area contributed by atoms with Crippen LogP contribution in [0.4, 0.5) is 0 Å². The maximum atomic E-state index is 6.04. The number of aryl methyl sites for hydroxylation is 1. The lowest BCUT2D eigenvalue weighted by Crippen LogP contribution is -2.22. The summed E-state index contributed by atoms with van der Waals surface area (Å²) >= 11 is 3.59. The van der Waals surface area contributed by atoms with Crippen molar-refractivity contribution >= 4 is 15.9 Å². The number of rotatable bonds is 6. The van der Waals surface area contributed by atoms with Gasteiger partial charge in [-0.05, 0) is 34.5 Å². The first-order valence-corrected chi connectivity index (χ1v) is 8.04. The fraction of sp³-hybridized carbons (Fsp3) is 0.333. The minimum absolute atomic E-state index is 0.453. The normalized spacial score (nSPS) is 10.9.